The molecule has 0 bridgehead atoms. The lowest BCUT2D eigenvalue weighted by Gasteiger charge is -2.28. The van der Waals surface area contributed by atoms with E-state index in [1.54, 1.807) is 18.2 Å². The van der Waals surface area contributed by atoms with E-state index in [2.05, 4.69) is 0 Å². The summed E-state index contributed by atoms with van der Waals surface area (Å²) in [7, 11) is 0. The third-order valence-corrected chi connectivity index (χ3v) is 5.34. The molecule has 0 heterocycles. The predicted octanol–water partition coefficient (Wildman–Crippen LogP) is 7.63. The highest BCUT2D eigenvalue weighted by molar-refractivity contribution is 5.65. The van der Waals surface area contributed by atoms with Gasteiger partial charge < -0.3 is 0 Å². The lowest BCUT2D eigenvalue weighted by molar-refractivity contribution is -0.109. The molecule has 1 aliphatic carbocycles. The van der Waals surface area contributed by atoms with Gasteiger partial charge in [0.25, 0.3) is 0 Å². The van der Waals surface area contributed by atoms with Gasteiger partial charge in [-0.05, 0) is 61.6 Å². The highest BCUT2D eigenvalue weighted by atomic mass is 19.4. The van der Waals surface area contributed by atoms with Crippen LogP contribution in [0.1, 0.15) is 42.7 Å². The zero-order valence-electron chi connectivity index (χ0n) is 15.3. The van der Waals surface area contributed by atoms with Crippen LogP contribution in [0, 0.1) is 24.5 Å². The number of halogens is 6. The van der Waals surface area contributed by atoms with Crippen molar-refractivity contribution in [3.8, 4) is 11.1 Å². The summed E-state index contributed by atoms with van der Waals surface area (Å²) in [6.07, 6.45) is -3.01. The molecule has 0 nitrogen and oxygen atoms in total. The fourth-order valence-corrected chi connectivity index (χ4v) is 3.73. The van der Waals surface area contributed by atoms with Crippen LogP contribution in [0.3, 0.4) is 0 Å². The molecule has 2 aromatic carbocycles. The molecule has 0 aliphatic heterocycles. The van der Waals surface area contributed by atoms with E-state index in [9.17, 15) is 26.3 Å². The highest BCUT2D eigenvalue weighted by Crippen LogP contribution is 2.40. The quantitative estimate of drug-likeness (QED) is 0.466. The Morgan fingerprint density at radius 1 is 0.893 bits per heavy atom. The number of hydrogen-bond donors (Lipinski definition) is 0. The fraction of sp³-hybridized carbons (Fsp3) is 0.364. The molecule has 0 radical (unpaired) electrons. The van der Waals surface area contributed by atoms with E-state index in [1.807, 2.05) is 19.1 Å². The Hall–Kier alpha value is -2.24. The van der Waals surface area contributed by atoms with Crippen LogP contribution in [0.4, 0.5) is 26.3 Å². The molecule has 0 saturated heterocycles. The summed E-state index contributed by atoms with van der Waals surface area (Å²) in [6, 6.07) is 10.2. The monoisotopic (exact) mass is 398 g/mol. The van der Waals surface area contributed by atoms with Gasteiger partial charge in [0.15, 0.2) is 17.5 Å². The molecule has 150 valence electrons. The van der Waals surface area contributed by atoms with Crippen LogP contribution in [0.25, 0.3) is 11.1 Å². The van der Waals surface area contributed by atoms with Crippen LogP contribution >= 0.6 is 0 Å². The van der Waals surface area contributed by atoms with E-state index in [1.165, 1.54) is 6.07 Å². The van der Waals surface area contributed by atoms with Gasteiger partial charge in [-0.3, -0.25) is 0 Å². The van der Waals surface area contributed by atoms with E-state index in [4.69, 9.17) is 0 Å². The number of alkyl halides is 3. The molecule has 28 heavy (non-hydrogen) atoms. The molecule has 1 saturated carbocycles. The Kier molecular flexibility index (Phi) is 5.87. The summed E-state index contributed by atoms with van der Waals surface area (Å²) in [5.41, 5.74) is 1.98. The van der Waals surface area contributed by atoms with Crippen molar-refractivity contribution in [1.82, 2.24) is 0 Å². The lowest BCUT2D eigenvalue weighted by Crippen LogP contribution is -2.16. The molecule has 0 amide bonds. The van der Waals surface area contributed by atoms with Crippen molar-refractivity contribution in [2.24, 2.45) is 5.92 Å². The molecular weight excluding hydrogens is 378 g/mol. The van der Waals surface area contributed by atoms with Gasteiger partial charge in [-0.15, -0.1) is 0 Å². The van der Waals surface area contributed by atoms with Crippen LogP contribution in [-0.2, 0) is 0 Å². The van der Waals surface area contributed by atoms with Gasteiger partial charge in [0.1, 0.15) is 0 Å². The van der Waals surface area contributed by atoms with Crippen molar-refractivity contribution in [2.75, 3.05) is 0 Å². The van der Waals surface area contributed by atoms with Crippen LogP contribution in [-0.4, -0.2) is 6.18 Å². The summed E-state index contributed by atoms with van der Waals surface area (Å²) in [5, 5.41) is 0. The highest BCUT2D eigenvalue weighted by Gasteiger charge is 2.36. The van der Waals surface area contributed by atoms with Crippen molar-refractivity contribution in [1.29, 1.82) is 0 Å². The Bertz CT molecular complexity index is 856. The van der Waals surface area contributed by atoms with Crippen LogP contribution < -0.4 is 0 Å². The van der Waals surface area contributed by atoms with Crippen LogP contribution in [0.5, 0.6) is 0 Å². The Balaban J connectivity index is 1.75. The second-order valence-corrected chi connectivity index (χ2v) is 7.32. The minimum Gasteiger partial charge on any atom is -0.203 e. The normalized spacial score (nSPS) is 21.0. The maximum atomic E-state index is 14.7. The Morgan fingerprint density at radius 3 is 2.07 bits per heavy atom. The van der Waals surface area contributed by atoms with Gasteiger partial charge in [0.05, 0.1) is 0 Å². The molecule has 1 fully saturated rings. The van der Waals surface area contributed by atoms with Gasteiger partial charge in [-0.2, -0.15) is 13.2 Å². The smallest absolute Gasteiger partial charge is 0.203 e. The predicted molar refractivity (Wildman–Crippen MR) is 96.5 cm³/mol. The zero-order valence-corrected chi connectivity index (χ0v) is 15.3. The van der Waals surface area contributed by atoms with Crippen molar-refractivity contribution in [2.45, 2.75) is 44.7 Å². The van der Waals surface area contributed by atoms with Crippen LogP contribution in [0.15, 0.2) is 48.3 Å². The maximum Gasteiger partial charge on any atom is 0.442 e. The average Bonchev–Trinajstić information content (AvgIpc) is 2.65. The third-order valence-electron chi connectivity index (χ3n) is 5.34. The summed E-state index contributed by atoms with van der Waals surface area (Å²) in [4.78, 5) is 0. The van der Waals surface area contributed by atoms with Crippen LogP contribution in [0.2, 0.25) is 0 Å². The summed E-state index contributed by atoms with van der Waals surface area (Å²) in [6.45, 7) is 1.90. The topological polar surface area (TPSA) is 0 Å². The fourth-order valence-electron chi connectivity index (χ4n) is 3.73. The van der Waals surface area contributed by atoms with Gasteiger partial charge in [0, 0.05) is 5.56 Å². The SMILES string of the molecule is Cc1ccc(-c2ccc(C3CCC(C=C(F)C(F)(F)F)CC3)c(F)c2F)cc1. The first-order valence-electron chi connectivity index (χ1n) is 9.16. The molecule has 0 atom stereocenters. The van der Waals surface area contributed by atoms with Gasteiger partial charge in [-0.1, -0.05) is 42.0 Å². The van der Waals surface area contributed by atoms with Crippen molar-refractivity contribution in [3.05, 3.63) is 71.1 Å². The standard InChI is InChI=1S/C22H20F6/c1-13-2-6-15(7-3-13)17-10-11-18(21(25)20(17)24)16-8-4-14(5-9-16)12-19(23)22(26,27)28/h2-3,6-7,10-12,14,16H,4-5,8-9H2,1H3. The van der Waals surface area contributed by atoms with Gasteiger partial charge >= 0.3 is 6.18 Å². The van der Waals surface area contributed by atoms with E-state index in [-0.39, 0.29) is 17.0 Å². The number of rotatable bonds is 3. The Morgan fingerprint density at radius 2 is 1.50 bits per heavy atom. The molecule has 0 aromatic heterocycles. The molecule has 6 heteroatoms. The minimum absolute atomic E-state index is 0.171. The molecule has 2 aromatic rings. The minimum atomic E-state index is -4.97. The lowest BCUT2D eigenvalue weighted by atomic mass is 9.78. The van der Waals surface area contributed by atoms with Crippen molar-refractivity contribution in [3.63, 3.8) is 0 Å². The largest absolute Gasteiger partial charge is 0.442 e. The second-order valence-electron chi connectivity index (χ2n) is 7.32. The molecular formula is C22H20F6. The van der Waals surface area contributed by atoms with Gasteiger partial charge in [-0.25, -0.2) is 13.2 Å². The summed E-state index contributed by atoms with van der Waals surface area (Å²) in [5.74, 6) is -4.77. The van der Waals surface area contributed by atoms with E-state index >= 15 is 0 Å². The number of benzene rings is 2. The zero-order chi connectivity index (χ0) is 20.5. The number of aryl methyl sites for hydroxylation is 1. The summed E-state index contributed by atoms with van der Waals surface area (Å²) < 4.78 is 79.3. The molecule has 1 aliphatic rings. The van der Waals surface area contributed by atoms with Crippen molar-refractivity contribution >= 4 is 0 Å². The molecule has 0 N–H and O–H groups in total. The average molecular weight is 398 g/mol. The first kappa shape index (κ1) is 20.5. The molecule has 0 spiro atoms. The number of allylic oxidation sites excluding steroid dienone is 2. The van der Waals surface area contributed by atoms with E-state index < -0.39 is 29.6 Å². The Labute approximate surface area is 159 Å². The maximum absolute atomic E-state index is 14.7. The number of hydrogen-bond acceptors (Lipinski definition) is 0. The van der Waals surface area contributed by atoms with Gasteiger partial charge in [0.2, 0.25) is 0 Å². The first-order chi connectivity index (χ1) is 13.2. The second kappa shape index (κ2) is 8.02. The summed E-state index contributed by atoms with van der Waals surface area (Å²) >= 11 is 0. The molecule has 0 unspecified atom stereocenters. The third kappa shape index (κ3) is 4.42. The van der Waals surface area contributed by atoms with Crippen molar-refractivity contribution < 1.29 is 26.3 Å². The first-order valence-corrected chi connectivity index (χ1v) is 9.16. The van der Waals surface area contributed by atoms with E-state index in [0.717, 1.165) is 5.56 Å². The van der Waals surface area contributed by atoms with E-state index in [0.29, 0.717) is 37.3 Å². The molecule has 3 rings (SSSR count).